The molecule has 2 rings (SSSR count). The number of carbonyl (C=O) groups is 1. The molecule has 0 spiro atoms. The Balaban J connectivity index is 0.00000220. The van der Waals surface area contributed by atoms with E-state index < -0.39 is 0 Å². The average Bonchev–Trinajstić information content (AvgIpc) is 2.49. The van der Waals surface area contributed by atoms with E-state index in [4.69, 9.17) is 5.73 Å². The van der Waals surface area contributed by atoms with Gasteiger partial charge in [0.05, 0.1) is 5.92 Å². The van der Waals surface area contributed by atoms with Crippen molar-refractivity contribution in [1.29, 1.82) is 0 Å². The zero-order valence-corrected chi connectivity index (χ0v) is 13.6. The smallest absolute Gasteiger partial charge is 0.229 e. The Morgan fingerprint density at radius 1 is 1.33 bits per heavy atom. The number of carbonyl (C=O) groups excluding carboxylic acids is 1. The van der Waals surface area contributed by atoms with Crippen LogP contribution in [0.5, 0.6) is 0 Å². The SMILES string of the molecule is CCC1CCCC(NC(=O)C(CN)c2ccccc2)C1.Cl. The zero-order chi connectivity index (χ0) is 14.4. The molecule has 1 fully saturated rings. The summed E-state index contributed by atoms with van der Waals surface area (Å²) in [6, 6.07) is 10.2. The summed E-state index contributed by atoms with van der Waals surface area (Å²) in [7, 11) is 0. The minimum absolute atomic E-state index is 0. The first-order valence-electron chi connectivity index (χ1n) is 7.80. The molecule has 0 saturated heterocycles. The summed E-state index contributed by atoms with van der Waals surface area (Å²) in [6.07, 6.45) is 5.97. The lowest BCUT2D eigenvalue weighted by atomic mass is 9.84. The highest BCUT2D eigenvalue weighted by atomic mass is 35.5. The van der Waals surface area contributed by atoms with Crippen LogP contribution in [0.25, 0.3) is 0 Å². The third-order valence-electron chi connectivity index (χ3n) is 4.46. The van der Waals surface area contributed by atoms with Gasteiger partial charge in [-0.25, -0.2) is 0 Å². The molecule has 3 N–H and O–H groups in total. The van der Waals surface area contributed by atoms with E-state index in [-0.39, 0.29) is 24.2 Å². The van der Waals surface area contributed by atoms with Crippen LogP contribution < -0.4 is 11.1 Å². The van der Waals surface area contributed by atoms with Gasteiger partial charge >= 0.3 is 0 Å². The van der Waals surface area contributed by atoms with E-state index in [1.54, 1.807) is 0 Å². The van der Waals surface area contributed by atoms with Crippen LogP contribution in [0.4, 0.5) is 0 Å². The van der Waals surface area contributed by atoms with Crippen molar-refractivity contribution in [2.75, 3.05) is 6.54 Å². The molecule has 3 nitrogen and oxygen atoms in total. The number of hydrogen-bond donors (Lipinski definition) is 2. The van der Waals surface area contributed by atoms with Gasteiger partial charge in [-0.05, 0) is 24.3 Å². The monoisotopic (exact) mass is 310 g/mol. The molecule has 0 bridgehead atoms. The molecule has 1 aromatic rings. The summed E-state index contributed by atoms with van der Waals surface area (Å²) >= 11 is 0. The lowest BCUT2D eigenvalue weighted by Gasteiger charge is -2.30. The van der Waals surface area contributed by atoms with Crippen LogP contribution in [0.3, 0.4) is 0 Å². The number of halogens is 1. The highest BCUT2D eigenvalue weighted by Crippen LogP contribution is 2.27. The van der Waals surface area contributed by atoms with Crippen molar-refractivity contribution >= 4 is 18.3 Å². The molecule has 4 heteroatoms. The number of hydrogen-bond acceptors (Lipinski definition) is 2. The van der Waals surface area contributed by atoms with Crippen LogP contribution in [0.2, 0.25) is 0 Å². The maximum absolute atomic E-state index is 12.4. The summed E-state index contributed by atoms with van der Waals surface area (Å²) < 4.78 is 0. The van der Waals surface area contributed by atoms with Crippen molar-refractivity contribution in [1.82, 2.24) is 5.32 Å². The molecule has 118 valence electrons. The molecule has 0 heterocycles. The van der Waals surface area contributed by atoms with E-state index in [1.165, 1.54) is 19.3 Å². The molecule has 1 aliphatic carbocycles. The minimum Gasteiger partial charge on any atom is -0.353 e. The number of amides is 1. The molecule has 0 aliphatic heterocycles. The van der Waals surface area contributed by atoms with Gasteiger partial charge in [-0.1, -0.05) is 56.5 Å². The predicted octanol–water partition coefficient (Wildman–Crippen LogP) is 3.24. The fourth-order valence-corrected chi connectivity index (χ4v) is 3.17. The summed E-state index contributed by atoms with van der Waals surface area (Å²) in [6.45, 7) is 2.60. The van der Waals surface area contributed by atoms with Gasteiger partial charge in [0.2, 0.25) is 5.91 Å². The lowest BCUT2D eigenvalue weighted by Crippen LogP contribution is -2.42. The van der Waals surface area contributed by atoms with Gasteiger partial charge in [0.25, 0.3) is 0 Å². The lowest BCUT2D eigenvalue weighted by molar-refractivity contribution is -0.123. The standard InChI is InChI=1S/C17H26N2O.ClH/c1-2-13-7-6-10-15(11-13)19-17(20)16(12-18)14-8-4-3-5-9-14;/h3-5,8-9,13,15-16H,2,6-7,10-12,18H2,1H3,(H,19,20);1H. The summed E-state index contributed by atoms with van der Waals surface area (Å²) in [5, 5.41) is 3.21. The highest BCUT2D eigenvalue weighted by molar-refractivity contribution is 5.85. The molecule has 1 saturated carbocycles. The Morgan fingerprint density at radius 3 is 2.67 bits per heavy atom. The molecular weight excluding hydrogens is 284 g/mol. The van der Waals surface area contributed by atoms with Gasteiger partial charge < -0.3 is 11.1 Å². The van der Waals surface area contributed by atoms with Crippen molar-refractivity contribution in [3.63, 3.8) is 0 Å². The average molecular weight is 311 g/mol. The van der Waals surface area contributed by atoms with Crippen molar-refractivity contribution in [3.8, 4) is 0 Å². The second-order valence-electron chi connectivity index (χ2n) is 5.85. The maximum Gasteiger partial charge on any atom is 0.229 e. The molecular formula is C17H27ClN2O. The van der Waals surface area contributed by atoms with E-state index in [1.807, 2.05) is 30.3 Å². The predicted molar refractivity (Wildman–Crippen MR) is 89.7 cm³/mol. The van der Waals surface area contributed by atoms with Gasteiger partial charge in [0, 0.05) is 12.6 Å². The van der Waals surface area contributed by atoms with Crippen LogP contribution in [-0.2, 0) is 4.79 Å². The van der Waals surface area contributed by atoms with Crippen LogP contribution in [0, 0.1) is 5.92 Å². The number of nitrogens with two attached hydrogens (primary N) is 1. The Bertz CT molecular complexity index is 424. The van der Waals surface area contributed by atoms with Crippen LogP contribution in [0.15, 0.2) is 30.3 Å². The van der Waals surface area contributed by atoms with E-state index in [9.17, 15) is 4.79 Å². The molecule has 3 atom stereocenters. The molecule has 3 unspecified atom stereocenters. The largest absolute Gasteiger partial charge is 0.353 e. The Labute approximate surface area is 134 Å². The van der Waals surface area contributed by atoms with Gasteiger partial charge in [0.15, 0.2) is 0 Å². The Hall–Kier alpha value is -1.06. The molecule has 0 aromatic heterocycles. The van der Waals surface area contributed by atoms with Gasteiger partial charge in [0.1, 0.15) is 0 Å². The van der Waals surface area contributed by atoms with Crippen LogP contribution in [-0.4, -0.2) is 18.5 Å². The first-order valence-corrected chi connectivity index (χ1v) is 7.80. The van der Waals surface area contributed by atoms with Crippen LogP contribution in [0.1, 0.15) is 50.5 Å². The normalized spacial score (nSPS) is 23.0. The summed E-state index contributed by atoms with van der Waals surface area (Å²) in [5.41, 5.74) is 6.81. The minimum atomic E-state index is -0.224. The molecule has 1 aliphatic rings. The fraction of sp³-hybridized carbons (Fsp3) is 0.588. The van der Waals surface area contributed by atoms with E-state index in [2.05, 4.69) is 12.2 Å². The van der Waals surface area contributed by atoms with E-state index >= 15 is 0 Å². The van der Waals surface area contributed by atoms with Crippen molar-refractivity contribution < 1.29 is 4.79 Å². The summed E-state index contributed by atoms with van der Waals surface area (Å²) in [5.74, 6) is 0.626. The Kier molecular flexibility index (Phi) is 7.76. The molecule has 1 amide bonds. The first-order chi connectivity index (χ1) is 9.74. The highest BCUT2D eigenvalue weighted by Gasteiger charge is 2.25. The Morgan fingerprint density at radius 2 is 2.05 bits per heavy atom. The fourth-order valence-electron chi connectivity index (χ4n) is 3.17. The third-order valence-corrected chi connectivity index (χ3v) is 4.46. The molecule has 0 radical (unpaired) electrons. The first kappa shape index (κ1) is 18.0. The topological polar surface area (TPSA) is 55.1 Å². The van der Waals surface area contributed by atoms with Crippen molar-refractivity contribution in [2.45, 2.75) is 51.0 Å². The van der Waals surface area contributed by atoms with Crippen molar-refractivity contribution in [2.24, 2.45) is 11.7 Å². The quantitative estimate of drug-likeness (QED) is 0.877. The number of rotatable bonds is 5. The van der Waals surface area contributed by atoms with Crippen LogP contribution >= 0.6 is 12.4 Å². The zero-order valence-electron chi connectivity index (χ0n) is 12.8. The molecule has 1 aromatic carbocycles. The second kappa shape index (κ2) is 9.06. The van der Waals surface area contributed by atoms with Gasteiger partial charge in [-0.3, -0.25) is 4.79 Å². The second-order valence-corrected chi connectivity index (χ2v) is 5.85. The van der Waals surface area contributed by atoms with Gasteiger partial charge in [-0.2, -0.15) is 0 Å². The van der Waals surface area contributed by atoms with E-state index in [0.29, 0.717) is 12.6 Å². The number of benzene rings is 1. The number of nitrogens with one attached hydrogen (secondary N) is 1. The van der Waals surface area contributed by atoms with E-state index in [0.717, 1.165) is 24.3 Å². The third kappa shape index (κ3) is 5.01. The molecule has 21 heavy (non-hydrogen) atoms. The van der Waals surface area contributed by atoms with Crippen molar-refractivity contribution in [3.05, 3.63) is 35.9 Å². The maximum atomic E-state index is 12.4. The summed E-state index contributed by atoms with van der Waals surface area (Å²) in [4.78, 5) is 12.4. The van der Waals surface area contributed by atoms with Gasteiger partial charge in [-0.15, -0.1) is 12.4 Å².